The number of anilines is 3. The molecule has 3 rings (SSSR count). The molecule has 5 nitrogen and oxygen atoms in total. The Morgan fingerprint density at radius 3 is 1.22 bits per heavy atom. The molecule has 0 unspecified atom stereocenters. The van der Waals surface area contributed by atoms with E-state index in [9.17, 15) is 0 Å². The minimum Gasteiger partial charge on any atom is -0.497 e. The average Bonchev–Trinajstić information content (AvgIpc) is 2.79. The van der Waals surface area contributed by atoms with E-state index in [0.717, 1.165) is 34.0 Å². The van der Waals surface area contributed by atoms with Crippen molar-refractivity contribution in [2.75, 3.05) is 19.1 Å². The summed E-state index contributed by atoms with van der Waals surface area (Å²) in [5.41, 5.74) is 4.06. The van der Waals surface area contributed by atoms with Gasteiger partial charge < -0.3 is 23.7 Å². The predicted octanol–water partition coefficient (Wildman–Crippen LogP) is 5.72. The van der Waals surface area contributed by atoms with Gasteiger partial charge in [0.15, 0.2) is 0 Å². The minimum absolute atomic E-state index is 0.0634. The van der Waals surface area contributed by atoms with E-state index in [1.54, 1.807) is 14.2 Å². The molecular weight excluding hydrogens is 401 g/mol. The molecule has 3 aromatic carbocycles. The zero-order valence-corrected chi connectivity index (χ0v) is 19.7. The number of nitrogens with zero attached hydrogens (tertiary/aromatic N) is 1. The summed E-state index contributed by atoms with van der Waals surface area (Å²) in [7, 11) is 2.94. The third-order valence-corrected chi connectivity index (χ3v) is 4.88. The van der Waals surface area contributed by atoms with Crippen LogP contribution in [0.5, 0.6) is 11.5 Å². The summed E-state index contributed by atoms with van der Waals surface area (Å²) in [4.78, 5) is 2.18. The van der Waals surface area contributed by atoms with E-state index in [0.29, 0.717) is 0 Å². The topological polar surface area (TPSA) is 40.2 Å². The van der Waals surface area contributed by atoms with Gasteiger partial charge in [0.25, 0.3) is 0 Å². The highest BCUT2D eigenvalue weighted by Gasteiger charge is 2.24. The maximum Gasteiger partial charge on any atom is 0.494 e. The lowest BCUT2D eigenvalue weighted by Gasteiger charge is -2.26. The fraction of sp³-hybridized carbons (Fsp3) is 0.308. The van der Waals surface area contributed by atoms with Crippen LogP contribution in [0.4, 0.5) is 17.1 Å². The summed E-state index contributed by atoms with van der Waals surface area (Å²) in [5.74, 6) is 1.64. The Morgan fingerprint density at radius 2 is 0.906 bits per heavy atom. The van der Waals surface area contributed by atoms with E-state index in [1.165, 1.54) is 0 Å². The molecule has 168 valence electrons. The molecule has 0 radical (unpaired) electrons. The van der Waals surface area contributed by atoms with E-state index in [4.69, 9.17) is 18.8 Å². The molecule has 3 aromatic rings. The fourth-order valence-electron chi connectivity index (χ4n) is 3.37. The lowest BCUT2D eigenvalue weighted by molar-refractivity contribution is 0.139. The molecular formula is C26H32BNO4. The van der Waals surface area contributed by atoms with Crippen LogP contribution in [0.2, 0.25) is 0 Å². The molecule has 0 N–H and O–H groups in total. The van der Waals surface area contributed by atoms with E-state index < -0.39 is 7.12 Å². The molecule has 32 heavy (non-hydrogen) atoms. The third-order valence-electron chi connectivity index (χ3n) is 4.88. The van der Waals surface area contributed by atoms with Crippen molar-refractivity contribution < 1.29 is 18.8 Å². The quantitative estimate of drug-likeness (QED) is 0.383. The Labute approximate surface area is 192 Å². The number of ether oxygens (including phenoxy) is 2. The van der Waals surface area contributed by atoms with Crippen LogP contribution in [0.25, 0.3) is 0 Å². The van der Waals surface area contributed by atoms with Crippen LogP contribution in [0.15, 0.2) is 72.8 Å². The van der Waals surface area contributed by atoms with Gasteiger partial charge in [0.2, 0.25) is 0 Å². The van der Waals surface area contributed by atoms with Crippen molar-refractivity contribution in [1.82, 2.24) is 0 Å². The number of rotatable bonds is 10. The fourth-order valence-corrected chi connectivity index (χ4v) is 3.37. The predicted molar refractivity (Wildman–Crippen MR) is 132 cm³/mol. The maximum absolute atomic E-state index is 6.00. The Kier molecular flexibility index (Phi) is 8.20. The number of methoxy groups -OCH3 is 2. The van der Waals surface area contributed by atoms with Crippen molar-refractivity contribution in [3.05, 3.63) is 72.8 Å². The summed E-state index contributed by atoms with van der Waals surface area (Å²) >= 11 is 0. The molecule has 6 heteroatoms. The molecule has 0 atom stereocenters. The zero-order valence-electron chi connectivity index (χ0n) is 19.7. The highest BCUT2D eigenvalue weighted by molar-refractivity contribution is 6.61. The largest absolute Gasteiger partial charge is 0.497 e. The summed E-state index contributed by atoms with van der Waals surface area (Å²) in [5, 5.41) is 0. The summed E-state index contributed by atoms with van der Waals surface area (Å²) < 4.78 is 22.7. The van der Waals surface area contributed by atoms with Gasteiger partial charge >= 0.3 is 7.12 Å². The average molecular weight is 433 g/mol. The maximum atomic E-state index is 6.00. The van der Waals surface area contributed by atoms with Crippen LogP contribution in [-0.4, -0.2) is 33.5 Å². The van der Waals surface area contributed by atoms with E-state index in [1.807, 2.05) is 76.2 Å². The molecule has 0 saturated heterocycles. The van der Waals surface area contributed by atoms with Gasteiger partial charge in [-0.15, -0.1) is 0 Å². The molecule has 0 aromatic heterocycles. The van der Waals surface area contributed by atoms with Crippen LogP contribution in [0.3, 0.4) is 0 Å². The third kappa shape index (κ3) is 6.05. The standard InChI is InChI=1S/C26H32BNO4/c1-19(2)31-27(32-20(3)4)21-7-9-22(10-8-21)28(23-11-15-25(29-5)16-12-23)24-13-17-26(30-6)18-14-24/h7-20H,1-6H3. The summed E-state index contributed by atoms with van der Waals surface area (Å²) in [6, 6.07) is 24.3. The van der Waals surface area contributed by atoms with Gasteiger partial charge in [0.05, 0.1) is 14.2 Å². The first kappa shape index (κ1) is 23.7. The van der Waals surface area contributed by atoms with Gasteiger partial charge in [-0.25, -0.2) is 0 Å². The number of benzene rings is 3. The molecule has 0 heterocycles. The number of hydrogen-bond acceptors (Lipinski definition) is 5. The molecule has 0 amide bonds. The molecule has 0 aliphatic heterocycles. The highest BCUT2D eigenvalue weighted by atomic mass is 16.6. The van der Waals surface area contributed by atoms with Gasteiger partial charge in [-0.3, -0.25) is 0 Å². The smallest absolute Gasteiger partial charge is 0.494 e. The SMILES string of the molecule is COc1ccc(N(c2ccc(OC)cc2)c2ccc(B(OC(C)C)OC(C)C)cc2)cc1. The normalized spacial score (nSPS) is 11.0. The van der Waals surface area contributed by atoms with E-state index in [-0.39, 0.29) is 12.2 Å². The van der Waals surface area contributed by atoms with Crippen molar-refractivity contribution in [3.8, 4) is 11.5 Å². The molecule has 0 bridgehead atoms. The Bertz CT molecular complexity index is 899. The first-order chi connectivity index (χ1) is 15.4. The molecule has 0 aliphatic rings. The molecule has 0 aliphatic carbocycles. The van der Waals surface area contributed by atoms with Crippen molar-refractivity contribution in [2.45, 2.75) is 39.9 Å². The lowest BCUT2D eigenvalue weighted by Crippen LogP contribution is -2.40. The summed E-state index contributed by atoms with van der Waals surface area (Å²) in [6.45, 7) is 8.06. The first-order valence-corrected chi connectivity index (χ1v) is 10.9. The van der Waals surface area contributed by atoms with Crippen molar-refractivity contribution in [1.29, 1.82) is 0 Å². The summed E-state index contributed by atoms with van der Waals surface area (Å²) in [6.07, 6.45) is 0.127. The van der Waals surface area contributed by atoms with Crippen LogP contribution in [0, 0.1) is 0 Å². The molecule has 0 spiro atoms. The number of hydrogen-bond donors (Lipinski definition) is 0. The van der Waals surface area contributed by atoms with Crippen molar-refractivity contribution in [3.63, 3.8) is 0 Å². The van der Waals surface area contributed by atoms with Crippen molar-refractivity contribution >= 4 is 29.6 Å². The van der Waals surface area contributed by atoms with Gasteiger partial charge in [-0.05, 0) is 93.8 Å². The van der Waals surface area contributed by atoms with Gasteiger partial charge in [-0.2, -0.15) is 0 Å². The Balaban J connectivity index is 1.98. The van der Waals surface area contributed by atoms with Gasteiger partial charge in [-0.1, -0.05) is 12.1 Å². The van der Waals surface area contributed by atoms with Crippen LogP contribution in [0.1, 0.15) is 27.7 Å². The minimum atomic E-state index is -0.403. The second-order valence-corrected chi connectivity index (χ2v) is 8.02. The van der Waals surface area contributed by atoms with E-state index in [2.05, 4.69) is 29.2 Å². The van der Waals surface area contributed by atoms with Crippen LogP contribution in [-0.2, 0) is 9.31 Å². The highest BCUT2D eigenvalue weighted by Crippen LogP contribution is 2.35. The van der Waals surface area contributed by atoms with E-state index >= 15 is 0 Å². The second kappa shape index (κ2) is 11.1. The first-order valence-electron chi connectivity index (χ1n) is 10.9. The Hall–Kier alpha value is -2.96. The monoisotopic (exact) mass is 433 g/mol. The molecule has 0 fully saturated rings. The zero-order chi connectivity index (χ0) is 23.1. The lowest BCUT2D eigenvalue weighted by atomic mass is 9.78. The van der Waals surface area contributed by atoms with Gasteiger partial charge in [0, 0.05) is 29.3 Å². The second-order valence-electron chi connectivity index (χ2n) is 8.02. The Morgan fingerprint density at radius 1 is 0.562 bits per heavy atom. The van der Waals surface area contributed by atoms with Crippen LogP contribution >= 0.6 is 0 Å². The van der Waals surface area contributed by atoms with Crippen molar-refractivity contribution in [2.24, 2.45) is 0 Å². The van der Waals surface area contributed by atoms with Crippen LogP contribution < -0.4 is 19.8 Å². The molecule has 0 saturated carbocycles. The van der Waals surface area contributed by atoms with Gasteiger partial charge in [0.1, 0.15) is 11.5 Å².